The number of hydrogen-bond donors (Lipinski definition) is 2. The summed E-state index contributed by atoms with van der Waals surface area (Å²) in [6.45, 7) is 6.50. The van der Waals surface area contributed by atoms with Crippen LogP contribution in [0.3, 0.4) is 0 Å². The zero-order chi connectivity index (χ0) is 13.7. The normalized spacial score (nSPS) is 10.2. The van der Waals surface area contributed by atoms with Crippen LogP contribution in [0.4, 0.5) is 5.69 Å². The number of nitrogens with two attached hydrogens (primary N) is 1. The Bertz CT molecular complexity index is 443. The Morgan fingerprint density at radius 1 is 1.28 bits per heavy atom. The molecule has 0 aliphatic carbocycles. The van der Waals surface area contributed by atoms with Crippen molar-refractivity contribution in [3.8, 4) is 11.5 Å². The number of nitrogen functional groups attached to an aromatic ring is 1. The molecule has 0 unspecified atom stereocenters. The molecule has 5 nitrogen and oxygen atoms in total. The van der Waals surface area contributed by atoms with Crippen molar-refractivity contribution < 1.29 is 19.4 Å². The van der Waals surface area contributed by atoms with Gasteiger partial charge in [0.2, 0.25) is 0 Å². The minimum Gasteiger partial charge on any atom is -0.490 e. The molecular weight excluding hydrogens is 234 g/mol. The summed E-state index contributed by atoms with van der Waals surface area (Å²) in [6, 6.07) is 1.42. The lowest BCUT2D eigenvalue weighted by Crippen LogP contribution is -2.10. The molecule has 0 radical (unpaired) electrons. The molecule has 0 aromatic heterocycles. The maximum absolute atomic E-state index is 11.1. The first-order chi connectivity index (χ1) is 8.56. The first-order valence-electron chi connectivity index (χ1n) is 6.00. The molecule has 0 heterocycles. The smallest absolute Gasteiger partial charge is 0.337 e. The molecule has 1 rings (SSSR count). The van der Waals surface area contributed by atoms with Crippen LogP contribution in [-0.4, -0.2) is 24.3 Å². The fourth-order valence-corrected chi connectivity index (χ4v) is 1.80. The topological polar surface area (TPSA) is 81.8 Å². The third-order valence-electron chi connectivity index (χ3n) is 2.56. The van der Waals surface area contributed by atoms with Crippen LogP contribution in [0.5, 0.6) is 11.5 Å². The van der Waals surface area contributed by atoms with Gasteiger partial charge in [0, 0.05) is 11.6 Å². The van der Waals surface area contributed by atoms with E-state index in [1.54, 1.807) is 0 Å². The second-order valence-electron chi connectivity index (χ2n) is 3.67. The molecular formula is C13H19NO4. The van der Waals surface area contributed by atoms with Crippen LogP contribution in [0, 0.1) is 0 Å². The van der Waals surface area contributed by atoms with E-state index in [1.165, 1.54) is 6.07 Å². The standard InChI is InChI=1S/C13H19NO4/c1-4-8-11(14)9(13(15)16)7-10(17-5-2)12(8)18-6-3/h7H,4-6,14H2,1-3H3,(H,15,16). The van der Waals surface area contributed by atoms with E-state index in [0.717, 1.165) is 0 Å². The van der Waals surface area contributed by atoms with Crippen molar-refractivity contribution in [2.24, 2.45) is 0 Å². The van der Waals surface area contributed by atoms with Crippen molar-refractivity contribution in [2.45, 2.75) is 27.2 Å². The lowest BCUT2D eigenvalue weighted by atomic mass is 10.0. The van der Waals surface area contributed by atoms with E-state index in [9.17, 15) is 4.79 Å². The van der Waals surface area contributed by atoms with Crippen molar-refractivity contribution in [1.29, 1.82) is 0 Å². The highest BCUT2D eigenvalue weighted by molar-refractivity contribution is 5.96. The minimum absolute atomic E-state index is 0.0544. The number of ether oxygens (including phenoxy) is 2. The van der Waals surface area contributed by atoms with Crippen molar-refractivity contribution in [3.63, 3.8) is 0 Å². The van der Waals surface area contributed by atoms with Crippen LogP contribution in [0.1, 0.15) is 36.7 Å². The Morgan fingerprint density at radius 3 is 2.33 bits per heavy atom. The van der Waals surface area contributed by atoms with Crippen molar-refractivity contribution >= 4 is 11.7 Å². The van der Waals surface area contributed by atoms with Gasteiger partial charge in [-0.25, -0.2) is 4.79 Å². The molecule has 0 saturated heterocycles. The van der Waals surface area contributed by atoms with Gasteiger partial charge in [0.05, 0.1) is 24.5 Å². The zero-order valence-corrected chi connectivity index (χ0v) is 10.9. The van der Waals surface area contributed by atoms with Crippen LogP contribution < -0.4 is 15.2 Å². The van der Waals surface area contributed by atoms with E-state index in [-0.39, 0.29) is 11.3 Å². The highest BCUT2D eigenvalue weighted by atomic mass is 16.5. The summed E-state index contributed by atoms with van der Waals surface area (Å²) >= 11 is 0. The highest BCUT2D eigenvalue weighted by Gasteiger charge is 2.20. The van der Waals surface area contributed by atoms with Crippen molar-refractivity contribution in [3.05, 3.63) is 17.2 Å². The molecule has 1 aromatic rings. The van der Waals surface area contributed by atoms with Gasteiger partial charge in [0.15, 0.2) is 11.5 Å². The number of carbonyl (C=O) groups is 1. The lowest BCUT2D eigenvalue weighted by molar-refractivity contribution is 0.0697. The predicted molar refractivity (Wildman–Crippen MR) is 69.5 cm³/mol. The van der Waals surface area contributed by atoms with E-state index in [2.05, 4.69) is 0 Å². The molecule has 0 aliphatic heterocycles. The number of carboxylic acid groups (broad SMARTS) is 1. The van der Waals surface area contributed by atoms with Gasteiger partial charge in [0.1, 0.15) is 0 Å². The van der Waals surface area contributed by atoms with Crippen LogP contribution in [-0.2, 0) is 6.42 Å². The molecule has 0 atom stereocenters. The lowest BCUT2D eigenvalue weighted by Gasteiger charge is -2.18. The van der Waals surface area contributed by atoms with Gasteiger partial charge in [-0.3, -0.25) is 0 Å². The van der Waals surface area contributed by atoms with Crippen LogP contribution in [0.15, 0.2) is 6.07 Å². The molecule has 0 aliphatic rings. The van der Waals surface area contributed by atoms with Crippen molar-refractivity contribution in [1.82, 2.24) is 0 Å². The molecule has 0 fully saturated rings. The first-order valence-corrected chi connectivity index (χ1v) is 6.00. The maximum atomic E-state index is 11.1. The molecule has 0 saturated carbocycles. The fourth-order valence-electron chi connectivity index (χ4n) is 1.80. The largest absolute Gasteiger partial charge is 0.490 e. The quantitative estimate of drug-likeness (QED) is 0.760. The van der Waals surface area contributed by atoms with E-state index in [4.69, 9.17) is 20.3 Å². The Hall–Kier alpha value is -1.91. The SMILES string of the molecule is CCOc1cc(C(=O)O)c(N)c(CC)c1OCC. The van der Waals surface area contributed by atoms with Gasteiger partial charge < -0.3 is 20.3 Å². The molecule has 0 amide bonds. The van der Waals surface area contributed by atoms with Gasteiger partial charge >= 0.3 is 5.97 Å². The monoisotopic (exact) mass is 253 g/mol. The molecule has 0 spiro atoms. The highest BCUT2D eigenvalue weighted by Crippen LogP contribution is 2.38. The van der Waals surface area contributed by atoms with E-state index >= 15 is 0 Å². The third kappa shape index (κ3) is 2.67. The van der Waals surface area contributed by atoms with Crippen LogP contribution in [0.2, 0.25) is 0 Å². The zero-order valence-electron chi connectivity index (χ0n) is 10.9. The Labute approximate surface area is 107 Å². The van der Waals surface area contributed by atoms with Crippen LogP contribution in [0.25, 0.3) is 0 Å². The summed E-state index contributed by atoms with van der Waals surface area (Å²) in [5, 5.41) is 9.12. The molecule has 18 heavy (non-hydrogen) atoms. The van der Waals surface area contributed by atoms with E-state index in [0.29, 0.717) is 36.7 Å². The summed E-state index contributed by atoms with van der Waals surface area (Å²) in [5.74, 6) is -0.0849. The molecule has 5 heteroatoms. The second kappa shape index (κ2) is 6.14. The number of hydrogen-bond acceptors (Lipinski definition) is 4. The average molecular weight is 253 g/mol. The summed E-state index contributed by atoms with van der Waals surface area (Å²) in [6.07, 6.45) is 0.586. The number of anilines is 1. The maximum Gasteiger partial charge on any atom is 0.337 e. The molecule has 1 aromatic carbocycles. The Kier molecular flexibility index (Phi) is 4.83. The Morgan fingerprint density at radius 2 is 1.89 bits per heavy atom. The summed E-state index contributed by atoms with van der Waals surface area (Å²) in [7, 11) is 0. The molecule has 0 bridgehead atoms. The predicted octanol–water partition coefficient (Wildman–Crippen LogP) is 2.33. The van der Waals surface area contributed by atoms with Gasteiger partial charge in [0.25, 0.3) is 0 Å². The fraction of sp³-hybridized carbons (Fsp3) is 0.462. The van der Waals surface area contributed by atoms with Gasteiger partial charge in [-0.1, -0.05) is 6.92 Å². The van der Waals surface area contributed by atoms with Crippen molar-refractivity contribution in [2.75, 3.05) is 18.9 Å². The number of rotatable bonds is 6. The Balaban J connectivity index is 3.46. The summed E-state index contributed by atoms with van der Waals surface area (Å²) in [4.78, 5) is 11.1. The molecule has 3 N–H and O–H groups in total. The minimum atomic E-state index is -1.06. The van der Waals surface area contributed by atoms with Gasteiger partial charge in [-0.2, -0.15) is 0 Å². The first kappa shape index (κ1) is 14.2. The second-order valence-corrected chi connectivity index (χ2v) is 3.67. The van der Waals surface area contributed by atoms with Gasteiger partial charge in [-0.05, 0) is 20.3 Å². The third-order valence-corrected chi connectivity index (χ3v) is 2.56. The van der Waals surface area contributed by atoms with Crippen LogP contribution >= 0.6 is 0 Å². The summed E-state index contributed by atoms with van der Waals surface area (Å²) in [5.41, 5.74) is 6.86. The van der Waals surface area contributed by atoms with E-state index < -0.39 is 5.97 Å². The van der Waals surface area contributed by atoms with E-state index in [1.807, 2.05) is 20.8 Å². The summed E-state index contributed by atoms with van der Waals surface area (Å²) < 4.78 is 11.0. The number of carboxylic acids is 1. The molecule has 100 valence electrons. The number of aromatic carboxylic acids is 1. The average Bonchev–Trinajstić information content (AvgIpc) is 2.33. The van der Waals surface area contributed by atoms with Gasteiger partial charge in [-0.15, -0.1) is 0 Å². The number of benzene rings is 1.